The van der Waals surface area contributed by atoms with Gasteiger partial charge in [0.25, 0.3) is 0 Å². The lowest BCUT2D eigenvalue weighted by atomic mass is 9.97. The molecule has 0 fully saturated rings. The summed E-state index contributed by atoms with van der Waals surface area (Å²) in [5.41, 5.74) is 7.95. The minimum Gasteiger partial charge on any atom is -0.399 e. The molecular weight excluding hydrogens is 208 g/mol. The molecule has 0 heterocycles. The van der Waals surface area contributed by atoms with E-state index in [1.165, 1.54) is 31.5 Å². The topological polar surface area (TPSA) is 29.3 Å². The Kier molecular flexibility index (Phi) is 6.06. The highest BCUT2D eigenvalue weighted by Gasteiger charge is 2.07. The van der Waals surface area contributed by atoms with Gasteiger partial charge in [-0.3, -0.25) is 0 Å². The lowest BCUT2D eigenvalue weighted by molar-refractivity contribution is 0.278. The molecule has 0 spiro atoms. The molecule has 0 saturated carbocycles. The Hall–Kier alpha value is -1.02. The minimum atomic E-state index is 0.613. The third-order valence-corrected chi connectivity index (χ3v) is 3.37. The summed E-state index contributed by atoms with van der Waals surface area (Å²) >= 11 is 0. The Balaban J connectivity index is 2.43. The van der Waals surface area contributed by atoms with Gasteiger partial charge in [-0.1, -0.05) is 32.9 Å². The smallest absolute Gasteiger partial charge is 0.0314 e. The fraction of sp³-hybridized carbons (Fsp3) is 0.600. The third kappa shape index (κ3) is 4.78. The highest BCUT2D eigenvalue weighted by Crippen LogP contribution is 2.20. The summed E-state index contributed by atoms with van der Waals surface area (Å²) in [6, 6.07) is 8.29. The number of rotatable bonds is 7. The van der Waals surface area contributed by atoms with Crippen LogP contribution in [0, 0.1) is 0 Å². The largest absolute Gasteiger partial charge is 0.399 e. The molecule has 2 N–H and O–H groups in total. The molecule has 0 aliphatic rings. The van der Waals surface area contributed by atoms with Gasteiger partial charge in [0.1, 0.15) is 0 Å². The lowest BCUT2D eigenvalue weighted by Gasteiger charge is -2.22. The van der Waals surface area contributed by atoms with Gasteiger partial charge in [-0.15, -0.1) is 0 Å². The van der Waals surface area contributed by atoms with E-state index < -0.39 is 0 Å². The molecule has 0 saturated heterocycles. The summed E-state index contributed by atoms with van der Waals surface area (Å²) < 4.78 is 0. The van der Waals surface area contributed by atoms with Crippen molar-refractivity contribution in [3.05, 3.63) is 29.8 Å². The standard InChI is InChI=1S/C15H26N2/c1-4-11-17(5-2)12-10-13(3)14-6-8-15(16)9-7-14/h6-9,13H,4-5,10-12,16H2,1-3H3. The normalized spacial score (nSPS) is 12.9. The second kappa shape index (κ2) is 7.33. The van der Waals surface area contributed by atoms with Crippen LogP contribution in [0.5, 0.6) is 0 Å². The van der Waals surface area contributed by atoms with E-state index in [0.717, 1.165) is 12.2 Å². The maximum atomic E-state index is 5.70. The van der Waals surface area contributed by atoms with Gasteiger partial charge in [0.05, 0.1) is 0 Å². The molecule has 0 bridgehead atoms. The van der Waals surface area contributed by atoms with Gasteiger partial charge < -0.3 is 10.6 Å². The van der Waals surface area contributed by atoms with E-state index in [0.29, 0.717) is 5.92 Å². The van der Waals surface area contributed by atoms with Gasteiger partial charge in [0, 0.05) is 5.69 Å². The molecule has 0 aliphatic carbocycles. The second-order valence-corrected chi connectivity index (χ2v) is 4.79. The van der Waals surface area contributed by atoms with Crippen LogP contribution < -0.4 is 5.73 Å². The average Bonchev–Trinajstić information content (AvgIpc) is 2.35. The van der Waals surface area contributed by atoms with Gasteiger partial charge in [-0.2, -0.15) is 0 Å². The monoisotopic (exact) mass is 234 g/mol. The van der Waals surface area contributed by atoms with Crippen LogP contribution in [0.25, 0.3) is 0 Å². The first kappa shape index (κ1) is 14.0. The fourth-order valence-corrected chi connectivity index (χ4v) is 2.11. The first-order valence-electron chi connectivity index (χ1n) is 6.75. The van der Waals surface area contributed by atoms with Crippen molar-refractivity contribution in [3.8, 4) is 0 Å². The van der Waals surface area contributed by atoms with E-state index in [9.17, 15) is 0 Å². The zero-order valence-electron chi connectivity index (χ0n) is 11.4. The number of nitrogen functional groups attached to an aromatic ring is 1. The summed E-state index contributed by atoms with van der Waals surface area (Å²) in [6.45, 7) is 10.3. The average molecular weight is 234 g/mol. The number of hydrogen-bond acceptors (Lipinski definition) is 2. The molecule has 0 radical (unpaired) electrons. The van der Waals surface area contributed by atoms with Crippen LogP contribution in [0.1, 0.15) is 45.1 Å². The summed E-state index contributed by atoms with van der Waals surface area (Å²) in [4.78, 5) is 2.52. The lowest BCUT2D eigenvalue weighted by Crippen LogP contribution is -2.26. The molecule has 17 heavy (non-hydrogen) atoms. The maximum Gasteiger partial charge on any atom is 0.0314 e. The second-order valence-electron chi connectivity index (χ2n) is 4.79. The Bertz CT molecular complexity index is 305. The number of nitrogens with two attached hydrogens (primary N) is 1. The molecule has 0 aromatic heterocycles. The van der Waals surface area contributed by atoms with Gasteiger partial charge in [0.2, 0.25) is 0 Å². The third-order valence-electron chi connectivity index (χ3n) is 3.37. The SMILES string of the molecule is CCCN(CC)CCC(C)c1ccc(N)cc1. The van der Waals surface area contributed by atoms with E-state index in [2.05, 4.69) is 37.8 Å². The Morgan fingerprint density at radius 3 is 2.29 bits per heavy atom. The zero-order chi connectivity index (χ0) is 12.7. The molecule has 1 atom stereocenters. The molecule has 0 aliphatic heterocycles. The Labute approximate surface area is 106 Å². The van der Waals surface area contributed by atoms with Crippen molar-refractivity contribution in [2.45, 2.75) is 39.5 Å². The van der Waals surface area contributed by atoms with Crippen LogP contribution in [0.15, 0.2) is 24.3 Å². The Morgan fingerprint density at radius 2 is 1.76 bits per heavy atom. The first-order valence-corrected chi connectivity index (χ1v) is 6.75. The van der Waals surface area contributed by atoms with Crippen molar-refractivity contribution in [2.24, 2.45) is 0 Å². The van der Waals surface area contributed by atoms with Gasteiger partial charge >= 0.3 is 0 Å². The molecule has 1 rings (SSSR count). The molecule has 1 aromatic carbocycles. The summed E-state index contributed by atoms with van der Waals surface area (Å²) in [5.74, 6) is 0.613. The number of benzene rings is 1. The van der Waals surface area contributed by atoms with Gasteiger partial charge in [0.15, 0.2) is 0 Å². The quantitative estimate of drug-likeness (QED) is 0.732. The van der Waals surface area contributed by atoms with Crippen LogP contribution in [0.3, 0.4) is 0 Å². The highest BCUT2D eigenvalue weighted by atomic mass is 15.1. The highest BCUT2D eigenvalue weighted by molar-refractivity contribution is 5.40. The number of anilines is 1. The molecule has 1 aromatic rings. The molecule has 2 nitrogen and oxygen atoms in total. The van der Waals surface area contributed by atoms with E-state index in [1.807, 2.05) is 12.1 Å². The zero-order valence-corrected chi connectivity index (χ0v) is 11.4. The van der Waals surface area contributed by atoms with Crippen LogP contribution >= 0.6 is 0 Å². The van der Waals surface area contributed by atoms with E-state index in [-0.39, 0.29) is 0 Å². The van der Waals surface area contributed by atoms with Crippen LogP contribution in [-0.4, -0.2) is 24.5 Å². The number of nitrogens with zero attached hydrogens (tertiary/aromatic N) is 1. The van der Waals surface area contributed by atoms with Crippen molar-refractivity contribution < 1.29 is 0 Å². The van der Waals surface area contributed by atoms with Crippen LogP contribution in [0.2, 0.25) is 0 Å². The van der Waals surface area contributed by atoms with Crippen molar-refractivity contribution in [2.75, 3.05) is 25.4 Å². The van der Waals surface area contributed by atoms with Crippen LogP contribution in [0.4, 0.5) is 5.69 Å². The summed E-state index contributed by atoms with van der Waals surface area (Å²) in [7, 11) is 0. The summed E-state index contributed by atoms with van der Waals surface area (Å²) in [6.07, 6.45) is 2.46. The van der Waals surface area contributed by atoms with E-state index >= 15 is 0 Å². The molecule has 96 valence electrons. The van der Waals surface area contributed by atoms with E-state index in [4.69, 9.17) is 5.73 Å². The van der Waals surface area contributed by atoms with Crippen molar-refractivity contribution in [3.63, 3.8) is 0 Å². The maximum absolute atomic E-state index is 5.70. The molecular formula is C15H26N2. The Morgan fingerprint density at radius 1 is 1.12 bits per heavy atom. The molecule has 0 amide bonds. The fourth-order valence-electron chi connectivity index (χ4n) is 2.11. The van der Waals surface area contributed by atoms with Crippen molar-refractivity contribution in [1.29, 1.82) is 0 Å². The van der Waals surface area contributed by atoms with E-state index in [1.54, 1.807) is 0 Å². The predicted octanol–water partition coefficient (Wildman–Crippen LogP) is 3.49. The molecule has 2 heteroatoms. The summed E-state index contributed by atoms with van der Waals surface area (Å²) in [5, 5.41) is 0. The van der Waals surface area contributed by atoms with Gasteiger partial charge in [-0.05, 0) is 56.1 Å². The minimum absolute atomic E-state index is 0.613. The van der Waals surface area contributed by atoms with Crippen molar-refractivity contribution >= 4 is 5.69 Å². The number of hydrogen-bond donors (Lipinski definition) is 1. The van der Waals surface area contributed by atoms with Crippen molar-refractivity contribution in [1.82, 2.24) is 4.90 Å². The first-order chi connectivity index (χ1) is 8.17. The van der Waals surface area contributed by atoms with Crippen LogP contribution in [-0.2, 0) is 0 Å². The van der Waals surface area contributed by atoms with Gasteiger partial charge in [-0.25, -0.2) is 0 Å². The molecule has 1 unspecified atom stereocenters. The predicted molar refractivity (Wildman–Crippen MR) is 76.3 cm³/mol.